The van der Waals surface area contributed by atoms with E-state index >= 15 is 0 Å². The van der Waals surface area contributed by atoms with Crippen molar-refractivity contribution in [1.82, 2.24) is 15.0 Å². The zero-order valence-corrected chi connectivity index (χ0v) is 15.8. The monoisotopic (exact) mass is 393 g/mol. The molecule has 0 amide bonds. The third kappa shape index (κ3) is 3.83. The van der Waals surface area contributed by atoms with Crippen LogP contribution in [0, 0.1) is 5.82 Å². The third-order valence-electron chi connectivity index (χ3n) is 4.69. The van der Waals surface area contributed by atoms with Crippen LogP contribution in [0.2, 0.25) is 0 Å². The van der Waals surface area contributed by atoms with Crippen molar-refractivity contribution in [3.05, 3.63) is 78.1 Å². The van der Waals surface area contributed by atoms with Crippen LogP contribution in [0.1, 0.15) is 17.2 Å². The average Bonchev–Trinajstić information content (AvgIpc) is 3.18. The van der Waals surface area contributed by atoms with Gasteiger partial charge >= 0.3 is 0 Å². The quantitative estimate of drug-likeness (QED) is 0.466. The van der Waals surface area contributed by atoms with Gasteiger partial charge in [-0.05, 0) is 18.2 Å². The molecule has 0 radical (unpaired) electrons. The summed E-state index contributed by atoms with van der Waals surface area (Å²) in [5.41, 5.74) is 3.04. The van der Waals surface area contributed by atoms with Gasteiger partial charge in [-0.2, -0.15) is 0 Å². The Morgan fingerprint density at radius 3 is 2.79 bits per heavy atom. The van der Waals surface area contributed by atoms with E-state index in [-0.39, 0.29) is 17.9 Å². The van der Waals surface area contributed by atoms with E-state index in [1.165, 1.54) is 6.07 Å². The number of hydrogen-bond acceptors (Lipinski definition) is 5. The Balaban J connectivity index is 1.70. The van der Waals surface area contributed by atoms with E-state index in [1.54, 1.807) is 44.0 Å². The minimum absolute atomic E-state index is 0.0765. The van der Waals surface area contributed by atoms with Crippen molar-refractivity contribution in [1.29, 1.82) is 0 Å². The summed E-state index contributed by atoms with van der Waals surface area (Å²) in [6.45, 7) is 0.565. The summed E-state index contributed by atoms with van der Waals surface area (Å²) in [5.74, 6) is -0.519. The number of pyridine rings is 2. The van der Waals surface area contributed by atoms with Crippen LogP contribution in [0.3, 0.4) is 0 Å². The van der Waals surface area contributed by atoms with Gasteiger partial charge in [-0.25, -0.2) is 9.37 Å². The second-order valence-corrected chi connectivity index (χ2v) is 6.51. The lowest BCUT2D eigenvalue weighted by Gasteiger charge is -2.14. The van der Waals surface area contributed by atoms with Crippen molar-refractivity contribution in [3.8, 4) is 16.9 Å². The number of benzene rings is 1. The number of halogens is 1. The van der Waals surface area contributed by atoms with Crippen LogP contribution in [0.4, 0.5) is 4.39 Å². The molecule has 1 aromatic carbocycles. The number of nitrogens with zero attached hydrogens (tertiary/aromatic N) is 2. The van der Waals surface area contributed by atoms with Crippen molar-refractivity contribution in [3.63, 3.8) is 0 Å². The largest absolute Gasteiger partial charge is 0.488 e. The summed E-state index contributed by atoms with van der Waals surface area (Å²) in [7, 11) is 1.55. The Hall–Kier alpha value is -3.29. The zero-order valence-electron chi connectivity index (χ0n) is 15.8. The lowest BCUT2D eigenvalue weighted by Crippen LogP contribution is -2.08. The number of rotatable bonds is 7. The van der Waals surface area contributed by atoms with Crippen LogP contribution in [0.5, 0.6) is 5.75 Å². The fourth-order valence-corrected chi connectivity index (χ4v) is 3.19. The molecular formula is C22H20FN3O3. The second kappa shape index (κ2) is 8.38. The molecule has 29 heavy (non-hydrogen) atoms. The van der Waals surface area contributed by atoms with Crippen molar-refractivity contribution in [2.24, 2.45) is 0 Å². The van der Waals surface area contributed by atoms with Crippen molar-refractivity contribution < 1.29 is 19.0 Å². The van der Waals surface area contributed by atoms with Gasteiger partial charge in [0.05, 0.1) is 6.61 Å². The summed E-state index contributed by atoms with van der Waals surface area (Å²) in [4.78, 5) is 11.6. The second-order valence-electron chi connectivity index (χ2n) is 6.51. The van der Waals surface area contributed by atoms with Crippen LogP contribution in [-0.2, 0) is 4.74 Å². The number of aromatic amines is 1. The number of nitrogens with one attached hydrogen (secondary N) is 1. The fraction of sp³-hybridized carbons (Fsp3) is 0.182. The predicted molar refractivity (Wildman–Crippen MR) is 107 cm³/mol. The summed E-state index contributed by atoms with van der Waals surface area (Å²) in [6.07, 6.45) is 5.64. The fourth-order valence-electron chi connectivity index (χ4n) is 3.19. The lowest BCUT2D eigenvalue weighted by molar-refractivity contribution is 0.143. The van der Waals surface area contributed by atoms with Crippen molar-refractivity contribution >= 4 is 11.0 Å². The van der Waals surface area contributed by atoms with Gasteiger partial charge in [-0.3, -0.25) is 4.98 Å². The van der Waals surface area contributed by atoms with Crippen LogP contribution < -0.4 is 4.74 Å². The molecule has 2 N–H and O–H groups in total. The average molecular weight is 393 g/mol. The molecule has 0 bridgehead atoms. The number of hydrogen-bond donors (Lipinski definition) is 2. The van der Waals surface area contributed by atoms with Gasteiger partial charge in [-0.1, -0.05) is 18.2 Å². The van der Waals surface area contributed by atoms with Gasteiger partial charge in [0.2, 0.25) is 0 Å². The molecule has 0 aliphatic carbocycles. The highest BCUT2D eigenvalue weighted by Crippen LogP contribution is 2.34. The molecule has 4 aromatic rings. The topological polar surface area (TPSA) is 80.3 Å². The molecule has 1 unspecified atom stereocenters. The maximum absolute atomic E-state index is 14.9. The SMILES string of the molecule is COCCOc1cccc(C(O)c2c[nH]c3ncc(-c4cccnc4)cc23)c1F. The molecule has 148 valence electrons. The predicted octanol–water partition coefficient (Wildman–Crippen LogP) is 3.87. The molecule has 4 rings (SSSR count). The Morgan fingerprint density at radius 2 is 2.00 bits per heavy atom. The Bertz CT molecular complexity index is 1110. The maximum atomic E-state index is 14.9. The number of ether oxygens (including phenoxy) is 2. The molecule has 0 aliphatic heterocycles. The van der Waals surface area contributed by atoms with Crippen LogP contribution in [-0.4, -0.2) is 40.4 Å². The zero-order chi connectivity index (χ0) is 20.2. The molecule has 6 nitrogen and oxygen atoms in total. The summed E-state index contributed by atoms with van der Waals surface area (Å²) >= 11 is 0. The third-order valence-corrected chi connectivity index (χ3v) is 4.69. The molecule has 0 saturated heterocycles. The molecular weight excluding hydrogens is 373 g/mol. The Kier molecular flexibility index (Phi) is 5.50. The first kappa shape index (κ1) is 19.0. The van der Waals surface area contributed by atoms with E-state index in [1.807, 2.05) is 18.2 Å². The number of aliphatic hydroxyl groups is 1. The van der Waals surface area contributed by atoms with Gasteiger partial charge < -0.3 is 19.6 Å². The molecule has 0 fully saturated rings. The van der Waals surface area contributed by atoms with Crippen LogP contribution in [0.25, 0.3) is 22.2 Å². The first-order valence-corrected chi connectivity index (χ1v) is 9.14. The molecule has 0 saturated carbocycles. The molecule has 3 heterocycles. The number of fused-ring (bicyclic) bond motifs is 1. The molecule has 3 aromatic heterocycles. The molecule has 0 aliphatic rings. The first-order chi connectivity index (χ1) is 14.2. The normalized spacial score (nSPS) is 12.2. The van der Waals surface area contributed by atoms with Gasteiger partial charge in [0, 0.05) is 59.5 Å². The number of aromatic nitrogens is 3. The number of methoxy groups -OCH3 is 1. The van der Waals surface area contributed by atoms with Crippen molar-refractivity contribution in [2.75, 3.05) is 20.3 Å². The minimum atomic E-state index is -1.18. The summed E-state index contributed by atoms with van der Waals surface area (Å²) in [5, 5.41) is 11.6. The Morgan fingerprint density at radius 1 is 1.10 bits per heavy atom. The van der Waals surface area contributed by atoms with E-state index in [4.69, 9.17) is 9.47 Å². The first-order valence-electron chi connectivity index (χ1n) is 9.14. The van der Waals surface area contributed by atoms with E-state index in [0.717, 1.165) is 11.1 Å². The highest BCUT2D eigenvalue weighted by molar-refractivity contribution is 5.85. The van der Waals surface area contributed by atoms with Gasteiger partial charge in [-0.15, -0.1) is 0 Å². The van der Waals surface area contributed by atoms with Crippen molar-refractivity contribution in [2.45, 2.75) is 6.10 Å². The highest BCUT2D eigenvalue weighted by atomic mass is 19.1. The van der Waals surface area contributed by atoms with E-state index < -0.39 is 11.9 Å². The smallest absolute Gasteiger partial charge is 0.171 e. The Labute approximate surface area is 167 Å². The number of aliphatic hydroxyl groups excluding tert-OH is 1. The van der Waals surface area contributed by atoms with Crippen LogP contribution in [0.15, 0.2) is 61.2 Å². The highest BCUT2D eigenvalue weighted by Gasteiger charge is 2.21. The molecule has 1 atom stereocenters. The standard InChI is InChI=1S/C22H20FN3O3/c1-28-8-9-29-19-6-2-5-16(20(19)23)21(27)18-13-26-22-17(18)10-15(12-25-22)14-4-3-7-24-11-14/h2-7,10-13,21,27H,8-9H2,1H3,(H,25,26). The van der Waals surface area contributed by atoms with E-state index in [9.17, 15) is 9.50 Å². The van der Waals surface area contributed by atoms with E-state index in [0.29, 0.717) is 23.2 Å². The minimum Gasteiger partial charge on any atom is -0.488 e. The lowest BCUT2D eigenvalue weighted by atomic mass is 9.99. The summed E-state index contributed by atoms with van der Waals surface area (Å²) in [6, 6.07) is 10.4. The van der Waals surface area contributed by atoms with Crippen LogP contribution >= 0.6 is 0 Å². The van der Waals surface area contributed by atoms with Gasteiger partial charge in [0.25, 0.3) is 0 Å². The molecule has 0 spiro atoms. The maximum Gasteiger partial charge on any atom is 0.171 e. The number of H-pyrrole nitrogens is 1. The van der Waals surface area contributed by atoms with Gasteiger partial charge in [0.15, 0.2) is 11.6 Å². The summed E-state index contributed by atoms with van der Waals surface area (Å²) < 4.78 is 25.3. The van der Waals surface area contributed by atoms with Gasteiger partial charge in [0.1, 0.15) is 18.4 Å². The van der Waals surface area contributed by atoms with E-state index in [2.05, 4.69) is 15.0 Å². The molecule has 7 heteroatoms.